The van der Waals surface area contributed by atoms with Gasteiger partial charge in [0, 0.05) is 11.6 Å². The van der Waals surface area contributed by atoms with Crippen LogP contribution >= 0.6 is 11.3 Å². The lowest BCUT2D eigenvalue weighted by molar-refractivity contribution is -0.123. The van der Waals surface area contributed by atoms with Gasteiger partial charge in [-0.1, -0.05) is 60.7 Å². The summed E-state index contributed by atoms with van der Waals surface area (Å²) < 4.78 is 25.0. The van der Waals surface area contributed by atoms with Crippen molar-refractivity contribution in [3.8, 4) is 0 Å². The molecule has 2 aromatic carbocycles. The molecule has 4 N–H and O–H groups in total. The summed E-state index contributed by atoms with van der Waals surface area (Å²) in [6.45, 7) is 0. The first kappa shape index (κ1) is 24.1. The maximum absolute atomic E-state index is 12.7. The van der Waals surface area contributed by atoms with Gasteiger partial charge in [-0.05, 0) is 24.0 Å². The van der Waals surface area contributed by atoms with Crippen LogP contribution in [0, 0.1) is 0 Å². The van der Waals surface area contributed by atoms with Gasteiger partial charge in [-0.15, -0.1) is 11.3 Å². The van der Waals surface area contributed by atoms with Crippen LogP contribution in [0.25, 0.3) is 0 Å². The minimum atomic E-state index is -3.59. The van der Waals surface area contributed by atoms with Gasteiger partial charge in [-0.2, -0.15) is 0 Å². The molecule has 9 heteroatoms. The molecule has 0 saturated carbocycles. The van der Waals surface area contributed by atoms with Gasteiger partial charge in [0.25, 0.3) is 0 Å². The fraction of sp³-hybridized carbons (Fsp3) is 0.304. The van der Waals surface area contributed by atoms with Crippen molar-refractivity contribution in [1.29, 1.82) is 0 Å². The van der Waals surface area contributed by atoms with Gasteiger partial charge < -0.3 is 16.2 Å². The molecule has 1 unspecified atom stereocenters. The Morgan fingerprint density at radius 1 is 1.06 bits per heavy atom. The third-order valence-electron chi connectivity index (χ3n) is 5.00. The summed E-state index contributed by atoms with van der Waals surface area (Å²) in [5.74, 6) is -1.28. The summed E-state index contributed by atoms with van der Waals surface area (Å²) >= 11 is 1.29. The van der Waals surface area contributed by atoms with Crippen molar-refractivity contribution in [2.75, 3.05) is 5.75 Å². The van der Waals surface area contributed by atoms with Crippen LogP contribution in [0.3, 0.4) is 0 Å². The van der Waals surface area contributed by atoms with E-state index in [1.165, 1.54) is 11.3 Å². The second-order valence-electron chi connectivity index (χ2n) is 7.60. The van der Waals surface area contributed by atoms with E-state index in [0.29, 0.717) is 23.4 Å². The van der Waals surface area contributed by atoms with E-state index in [2.05, 4.69) is 10.3 Å². The minimum Gasteiger partial charge on any atom is -0.384 e. The third kappa shape index (κ3) is 7.23. The largest absolute Gasteiger partial charge is 0.384 e. The van der Waals surface area contributed by atoms with Gasteiger partial charge in [0.15, 0.2) is 9.84 Å². The second-order valence-corrected chi connectivity index (χ2v) is 10.6. The molecular weight excluding hydrogens is 446 g/mol. The Bertz CT molecular complexity index is 1070. The SMILES string of the molecule is N[C@@H](CS(=O)(=O)Cc1ccccc1)C(=O)N[C@@H](CCc1ccccc1)C(O)c1nccs1. The van der Waals surface area contributed by atoms with Crippen LogP contribution in [0.5, 0.6) is 0 Å². The minimum absolute atomic E-state index is 0.187. The number of aromatic nitrogens is 1. The Hall–Kier alpha value is -2.59. The van der Waals surface area contributed by atoms with Crippen molar-refractivity contribution in [1.82, 2.24) is 10.3 Å². The Balaban J connectivity index is 1.65. The summed E-state index contributed by atoms with van der Waals surface area (Å²) in [6, 6.07) is 16.6. The zero-order valence-corrected chi connectivity index (χ0v) is 19.1. The molecule has 3 atom stereocenters. The van der Waals surface area contributed by atoms with Crippen molar-refractivity contribution in [3.63, 3.8) is 0 Å². The van der Waals surface area contributed by atoms with Crippen LogP contribution in [0.4, 0.5) is 0 Å². The lowest BCUT2D eigenvalue weighted by atomic mass is 10.0. The number of sulfone groups is 1. The molecular formula is C23H27N3O4S2. The molecule has 0 saturated heterocycles. The maximum Gasteiger partial charge on any atom is 0.238 e. The van der Waals surface area contributed by atoms with Crippen LogP contribution in [-0.2, 0) is 26.8 Å². The molecule has 170 valence electrons. The molecule has 0 aliphatic heterocycles. The fourth-order valence-electron chi connectivity index (χ4n) is 3.35. The van der Waals surface area contributed by atoms with E-state index in [9.17, 15) is 18.3 Å². The summed E-state index contributed by atoms with van der Waals surface area (Å²) in [5, 5.41) is 15.8. The molecule has 0 spiro atoms. The molecule has 0 fully saturated rings. The summed E-state index contributed by atoms with van der Waals surface area (Å²) in [6.07, 6.45) is 1.63. The molecule has 0 radical (unpaired) electrons. The highest BCUT2D eigenvalue weighted by molar-refractivity contribution is 7.90. The standard InChI is InChI=1S/C23H27N3O4S2/c24-19(16-32(29,30)15-18-9-5-2-6-10-18)22(28)26-20(21(27)23-25-13-14-31-23)12-11-17-7-3-1-4-8-17/h1-10,13-14,19-21,27H,11-12,15-16,24H2,(H,26,28)/t19-,20-,21?/m0/s1. The molecule has 3 rings (SSSR count). The Kier molecular flexibility index (Phi) is 8.52. The van der Waals surface area contributed by atoms with Crippen molar-refractivity contribution in [3.05, 3.63) is 88.4 Å². The predicted molar refractivity (Wildman–Crippen MR) is 126 cm³/mol. The van der Waals surface area contributed by atoms with E-state index in [0.717, 1.165) is 5.56 Å². The first-order valence-corrected chi connectivity index (χ1v) is 13.0. The number of benzene rings is 2. The van der Waals surface area contributed by atoms with Gasteiger partial charge in [0.05, 0.1) is 23.6 Å². The molecule has 0 aliphatic rings. The van der Waals surface area contributed by atoms with Gasteiger partial charge in [-0.25, -0.2) is 13.4 Å². The topological polar surface area (TPSA) is 122 Å². The molecule has 3 aromatic rings. The maximum atomic E-state index is 12.7. The van der Waals surface area contributed by atoms with Crippen LogP contribution < -0.4 is 11.1 Å². The number of nitrogens with one attached hydrogen (secondary N) is 1. The van der Waals surface area contributed by atoms with Crippen molar-refractivity contribution < 1.29 is 18.3 Å². The van der Waals surface area contributed by atoms with Gasteiger partial charge in [0.2, 0.25) is 5.91 Å². The van der Waals surface area contributed by atoms with E-state index in [1.54, 1.807) is 41.9 Å². The average Bonchev–Trinajstić information content (AvgIpc) is 3.31. The number of aliphatic hydroxyl groups is 1. The normalized spacial score (nSPS) is 14.4. The number of hydrogen-bond acceptors (Lipinski definition) is 7. The van der Waals surface area contributed by atoms with Crippen molar-refractivity contribution >= 4 is 27.1 Å². The number of amides is 1. The van der Waals surface area contributed by atoms with Crippen molar-refractivity contribution in [2.45, 2.75) is 36.8 Å². The summed E-state index contributed by atoms with van der Waals surface area (Å²) in [4.78, 5) is 16.9. The summed E-state index contributed by atoms with van der Waals surface area (Å²) in [7, 11) is -3.59. The zero-order valence-electron chi connectivity index (χ0n) is 17.5. The number of nitrogens with two attached hydrogens (primary N) is 1. The molecule has 0 bridgehead atoms. The lowest BCUT2D eigenvalue weighted by Crippen LogP contribution is -2.50. The number of carbonyl (C=O) groups excluding carboxylic acids is 1. The Morgan fingerprint density at radius 2 is 1.69 bits per heavy atom. The number of nitrogens with zero attached hydrogens (tertiary/aromatic N) is 1. The summed E-state index contributed by atoms with van der Waals surface area (Å²) in [5.41, 5.74) is 7.65. The molecule has 7 nitrogen and oxygen atoms in total. The van der Waals surface area contributed by atoms with E-state index in [4.69, 9.17) is 5.73 Å². The molecule has 1 heterocycles. The van der Waals surface area contributed by atoms with E-state index < -0.39 is 39.7 Å². The smallest absolute Gasteiger partial charge is 0.238 e. The Morgan fingerprint density at radius 3 is 2.28 bits per heavy atom. The number of aliphatic hydroxyl groups excluding tert-OH is 1. The molecule has 1 amide bonds. The van der Waals surface area contributed by atoms with Crippen LogP contribution in [-0.4, -0.2) is 42.3 Å². The number of aryl methyl sites for hydroxylation is 1. The highest BCUT2D eigenvalue weighted by atomic mass is 32.2. The van der Waals surface area contributed by atoms with Gasteiger partial charge in [0.1, 0.15) is 11.1 Å². The molecule has 0 aliphatic carbocycles. The van der Waals surface area contributed by atoms with Gasteiger partial charge in [-0.3, -0.25) is 4.79 Å². The highest BCUT2D eigenvalue weighted by Gasteiger charge is 2.29. The fourth-order valence-corrected chi connectivity index (χ4v) is 5.56. The van der Waals surface area contributed by atoms with Gasteiger partial charge >= 0.3 is 0 Å². The van der Waals surface area contributed by atoms with E-state index >= 15 is 0 Å². The second kappa shape index (κ2) is 11.3. The average molecular weight is 474 g/mol. The van der Waals surface area contributed by atoms with E-state index in [1.807, 2.05) is 30.3 Å². The lowest BCUT2D eigenvalue weighted by Gasteiger charge is -2.24. The monoisotopic (exact) mass is 473 g/mol. The molecule has 1 aromatic heterocycles. The van der Waals surface area contributed by atoms with E-state index in [-0.39, 0.29) is 5.75 Å². The highest BCUT2D eigenvalue weighted by Crippen LogP contribution is 2.22. The predicted octanol–water partition coefficient (Wildman–Crippen LogP) is 2.24. The Labute approximate surface area is 192 Å². The van der Waals surface area contributed by atoms with Crippen LogP contribution in [0.15, 0.2) is 72.2 Å². The van der Waals surface area contributed by atoms with Crippen LogP contribution in [0.2, 0.25) is 0 Å². The molecule has 32 heavy (non-hydrogen) atoms. The first-order valence-electron chi connectivity index (χ1n) is 10.3. The zero-order chi connectivity index (χ0) is 23.0. The van der Waals surface area contributed by atoms with Crippen LogP contribution in [0.1, 0.15) is 28.7 Å². The third-order valence-corrected chi connectivity index (χ3v) is 7.49. The number of thiazole rings is 1. The first-order chi connectivity index (χ1) is 15.3. The number of carbonyl (C=O) groups is 1. The van der Waals surface area contributed by atoms with Crippen molar-refractivity contribution in [2.24, 2.45) is 5.73 Å². The number of rotatable bonds is 11. The quantitative estimate of drug-likeness (QED) is 0.393. The number of hydrogen-bond donors (Lipinski definition) is 3.